The van der Waals surface area contributed by atoms with Gasteiger partial charge in [-0.2, -0.15) is 0 Å². The van der Waals surface area contributed by atoms with E-state index in [1.165, 1.54) is 62.7 Å². The Morgan fingerprint density at radius 3 is 2.61 bits per heavy atom. The summed E-state index contributed by atoms with van der Waals surface area (Å²) in [4.78, 5) is 33.3. The molecule has 1 N–H and O–H groups in total. The summed E-state index contributed by atoms with van der Waals surface area (Å²) in [5, 5.41) is 3.18. The fraction of sp³-hybridized carbons (Fsp3) is 0.500. The normalized spacial score (nSPS) is 17.6. The lowest BCUT2D eigenvalue weighted by Gasteiger charge is -2.29. The zero-order valence-corrected chi connectivity index (χ0v) is 27.1. The molecule has 2 aromatic carbocycles. The van der Waals surface area contributed by atoms with Crippen LogP contribution in [-0.2, 0) is 4.74 Å². The summed E-state index contributed by atoms with van der Waals surface area (Å²) in [6.45, 7) is 11.2. The molecule has 2 aromatic heterocycles. The van der Waals surface area contributed by atoms with Gasteiger partial charge in [-0.15, -0.1) is 0 Å². The van der Waals surface area contributed by atoms with Crippen LogP contribution < -0.4 is 5.32 Å². The molecule has 2 aliphatic rings. The van der Waals surface area contributed by atoms with E-state index in [0.29, 0.717) is 23.4 Å². The molecule has 0 spiro atoms. The number of hydrogen-bond donors (Lipinski definition) is 1. The number of likely N-dealkylation sites (tertiary alicyclic amines) is 2. The molecular formula is C34H44FN5O3S. The van der Waals surface area contributed by atoms with Gasteiger partial charge < -0.3 is 19.9 Å². The van der Waals surface area contributed by atoms with Crippen molar-refractivity contribution in [2.45, 2.75) is 70.9 Å². The van der Waals surface area contributed by atoms with E-state index in [9.17, 15) is 9.59 Å². The monoisotopic (exact) mass is 621 g/mol. The standard InChI is InChI=1S/C25H24FN3O3S.C9H20N2/c1-25(2,3)32-24(31)28-10-4-5-20(28)16-7-8-17(18(26)12-16)19-13-29-21-9-6-15(14-30)11-22(21)33-23(29)27-19;1-10-6-5-9-11-7-3-2-4-8-11/h6-9,11-14,20H,4-5,10H2,1-3H3;10H,2-9H2,1H3. The van der Waals surface area contributed by atoms with E-state index in [1.54, 1.807) is 17.0 Å². The lowest BCUT2D eigenvalue weighted by molar-refractivity contribution is 0.0224. The summed E-state index contributed by atoms with van der Waals surface area (Å²) in [6.07, 6.45) is 9.47. The van der Waals surface area contributed by atoms with Crippen LogP contribution in [-0.4, -0.2) is 76.9 Å². The van der Waals surface area contributed by atoms with Gasteiger partial charge in [0, 0.05) is 23.9 Å². The molecule has 4 aromatic rings. The van der Waals surface area contributed by atoms with E-state index >= 15 is 4.39 Å². The van der Waals surface area contributed by atoms with E-state index in [-0.39, 0.29) is 18.0 Å². The molecule has 44 heavy (non-hydrogen) atoms. The van der Waals surface area contributed by atoms with Crippen LogP contribution in [0, 0.1) is 5.82 Å². The fourth-order valence-corrected chi connectivity index (χ4v) is 7.04. The zero-order chi connectivity index (χ0) is 31.3. The highest BCUT2D eigenvalue weighted by atomic mass is 32.1. The highest BCUT2D eigenvalue weighted by Gasteiger charge is 2.33. The Balaban J connectivity index is 0.000000296. The van der Waals surface area contributed by atoms with Crippen LogP contribution in [0.2, 0.25) is 0 Å². The van der Waals surface area contributed by atoms with E-state index < -0.39 is 5.60 Å². The molecule has 0 radical (unpaired) electrons. The zero-order valence-electron chi connectivity index (χ0n) is 26.3. The van der Waals surface area contributed by atoms with Crippen molar-refractivity contribution in [2.75, 3.05) is 39.8 Å². The second kappa shape index (κ2) is 14.2. The highest BCUT2D eigenvalue weighted by Crippen LogP contribution is 2.36. The number of carbonyl (C=O) groups excluding carboxylic acids is 2. The smallest absolute Gasteiger partial charge is 0.410 e. The lowest BCUT2D eigenvalue weighted by Crippen LogP contribution is -2.36. The number of benzene rings is 2. The fourth-order valence-electron chi connectivity index (χ4n) is 5.98. The van der Waals surface area contributed by atoms with E-state index in [0.717, 1.165) is 46.4 Å². The molecule has 1 unspecified atom stereocenters. The van der Waals surface area contributed by atoms with E-state index in [4.69, 9.17) is 4.74 Å². The Hall–Kier alpha value is -3.34. The average molecular weight is 622 g/mol. The minimum Gasteiger partial charge on any atom is -0.444 e. The Kier molecular flexibility index (Phi) is 10.3. The minimum atomic E-state index is -0.577. The summed E-state index contributed by atoms with van der Waals surface area (Å²) in [7, 11) is 2.02. The number of ether oxygens (including phenoxy) is 1. The molecule has 236 valence electrons. The van der Waals surface area contributed by atoms with Crippen LogP contribution in [0.1, 0.15) is 81.3 Å². The first-order valence-electron chi connectivity index (χ1n) is 15.7. The Bertz CT molecular complexity index is 1590. The molecule has 1 atom stereocenters. The van der Waals surface area contributed by atoms with Crippen LogP contribution >= 0.6 is 11.3 Å². The number of fused-ring (bicyclic) bond motifs is 3. The summed E-state index contributed by atoms with van der Waals surface area (Å²) < 4.78 is 23.6. The SMILES string of the molecule is CC(C)(C)OC(=O)N1CCCC1c1ccc(-c2cn3c(n2)sc2cc(C=O)ccc23)c(F)c1.CNCCCN1CCCCC1. The van der Waals surface area contributed by atoms with Gasteiger partial charge in [0.25, 0.3) is 0 Å². The predicted octanol–water partition coefficient (Wildman–Crippen LogP) is 7.32. The molecular weight excluding hydrogens is 577 g/mol. The molecule has 0 aliphatic carbocycles. The molecule has 2 aliphatic heterocycles. The summed E-state index contributed by atoms with van der Waals surface area (Å²) in [6, 6.07) is 10.4. The number of nitrogens with zero attached hydrogens (tertiary/aromatic N) is 4. The van der Waals surface area contributed by atoms with Crippen molar-refractivity contribution in [1.82, 2.24) is 24.5 Å². The van der Waals surface area contributed by atoms with Crippen molar-refractivity contribution in [2.24, 2.45) is 0 Å². The van der Waals surface area contributed by atoms with Crippen LogP contribution in [0.4, 0.5) is 9.18 Å². The number of piperidine rings is 1. The molecule has 6 rings (SSSR count). The third-order valence-electron chi connectivity index (χ3n) is 8.14. The average Bonchev–Trinajstić information content (AvgIpc) is 3.72. The minimum absolute atomic E-state index is 0.204. The van der Waals surface area contributed by atoms with Crippen LogP contribution in [0.15, 0.2) is 42.6 Å². The Morgan fingerprint density at radius 1 is 1.11 bits per heavy atom. The van der Waals surface area contributed by atoms with Gasteiger partial charge >= 0.3 is 6.09 Å². The van der Waals surface area contributed by atoms with Gasteiger partial charge in [0.05, 0.1) is 22.0 Å². The summed E-state index contributed by atoms with van der Waals surface area (Å²) >= 11 is 1.46. The number of amides is 1. The van der Waals surface area contributed by atoms with Crippen molar-refractivity contribution in [3.63, 3.8) is 0 Å². The number of nitrogens with one attached hydrogen (secondary N) is 1. The van der Waals surface area contributed by atoms with E-state index in [1.807, 2.05) is 56.6 Å². The largest absolute Gasteiger partial charge is 0.444 e. The van der Waals surface area contributed by atoms with Crippen molar-refractivity contribution < 1.29 is 18.7 Å². The van der Waals surface area contributed by atoms with Gasteiger partial charge in [-0.1, -0.05) is 23.8 Å². The van der Waals surface area contributed by atoms with Gasteiger partial charge in [-0.3, -0.25) is 9.20 Å². The number of rotatable bonds is 7. The third-order valence-corrected chi connectivity index (χ3v) is 9.16. The van der Waals surface area contributed by atoms with Crippen molar-refractivity contribution in [3.8, 4) is 11.3 Å². The Labute approximate surface area is 263 Å². The van der Waals surface area contributed by atoms with Gasteiger partial charge in [-0.25, -0.2) is 14.2 Å². The maximum absolute atomic E-state index is 15.2. The van der Waals surface area contributed by atoms with E-state index in [2.05, 4.69) is 15.2 Å². The van der Waals surface area contributed by atoms with Crippen LogP contribution in [0.5, 0.6) is 0 Å². The topological polar surface area (TPSA) is 79.2 Å². The van der Waals surface area contributed by atoms with Crippen molar-refractivity contribution >= 4 is 38.9 Å². The number of imidazole rings is 1. The second-order valence-corrected chi connectivity index (χ2v) is 13.7. The molecule has 4 heterocycles. The number of aldehydes is 1. The van der Waals surface area contributed by atoms with Gasteiger partial charge in [-0.05, 0) is 122 Å². The number of aromatic nitrogens is 2. The van der Waals surface area contributed by atoms with Crippen LogP contribution in [0.25, 0.3) is 26.4 Å². The van der Waals surface area contributed by atoms with Gasteiger partial charge in [0.2, 0.25) is 0 Å². The quantitative estimate of drug-likeness (QED) is 0.172. The molecule has 2 fully saturated rings. The summed E-state index contributed by atoms with van der Waals surface area (Å²) in [5.74, 6) is -0.373. The molecule has 10 heteroatoms. The predicted molar refractivity (Wildman–Crippen MR) is 175 cm³/mol. The first-order valence-corrected chi connectivity index (χ1v) is 16.5. The first-order chi connectivity index (χ1) is 21.2. The maximum Gasteiger partial charge on any atom is 0.410 e. The molecule has 8 nitrogen and oxygen atoms in total. The molecule has 0 saturated carbocycles. The van der Waals surface area contributed by atoms with Crippen molar-refractivity contribution in [3.05, 3.63) is 59.5 Å². The number of thiazole rings is 1. The second-order valence-electron chi connectivity index (χ2n) is 12.7. The molecule has 0 bridgehead atoms. The maximum atomic E-state index is 15.2. The van der Waals surface area contributed by atoms with Gasteiger partial charge in [0.1, 0.15) is 17.7 Å². The number of hydrogen-bond acceptors (Lipinski definition) is 7. The number of halogens is 1. The van der Waals surface area contributed by atoms with Gasteiger partial charge in [0.15, 0.2) is 4.96 Å². The first kappa shape index (κ1) is 32.1. The van der Waals surface area contributed by atoms with Crippen LogP contribution in [0.3, 0.4) is 0 Å². The number of carbonyl (C=O) groups is 2. The molecule has 1 amide bonds. The summed E-state index contributed by atoms with van der Waals surface area (Å²) in [5.41, 5.74) is 2.67. The van der Waals surface area contributed by atoms with Crippen molar-refractivity contribution in [1.29, 1.82) is 0 Å². The third kappa shape index (κ3) is 7.65. The Morgan fingerprint density at radius 2 is 1.91 bits per heavy atom. The highest BCUT2D eigenvalue weighted by molar-refractivity contribution is 7.23. The molecule has 2 saturated heterocycles. The lowest BCUT2D eigenvalue weighted by atomic mass is 10.0.